The molecule has 5 heteroatoms. The summed E-state index contributed by atoms with van der Waals surface area (Å²) in [6.07, 6.45) is 1.98. The van der Waals surface area contributed by atoms with Crippen LogP contribution in [0.15, 0.2) is 11.4 Å². The number of hydrogen-bond donors (Lipinski definition) is 2. The quantitative estimate of drug-likeness (QED) is 0.653. The summed E-state index contributed by atoms with van der Waals surface area (Å²) in [5.41, 5.74) is 7.96. The number of aryl methyl sites for hydroxylation is 3. The molecule has 104 valence electrons. The van der Waals surface area contributed by atoms with E-state index in [4.69, 9.17) is 5.84 Å². The molecule has 0 spiro atoms. The third kappa shape index (κ3) is 2.88. The van der Waals surface area contributed by atoms with Crippen LogP contribution in [0.2, 0.25) is 0 Å². The van der Waals surface area contributed by atoms with Crippen LogP contribution in [-0.2, 0) is 13.5 Å². The molecule has 4 nitrogen and oxygen atoms in total. The maximum absolute atomic E-state index is 5.71. The third-order valence-corrected chi connectivity index (χ3v) is 4.68. The molecule has 0 aliphatic heterocycles. The minimum atomic E-state index is 0.213. The van der Waals surface area contributed by atoms with Gasteiger partial charge in [0, 0.05) is 23.7 Å². The Morgan fingerprint density at radius 2 is 2.16 bits per heavy atom. The summed E-state index contributed by atoms with van der Waals surface area (Å²) in [5.74, 6) is 5.71. The first-order chi connectivity index (χ1) is 9.04. The van der Waals surface area contributed by atoms with Gasteiger partial charge >= 0.3 is 0 Å². The minimum absolute atomic E-state index is 0.213. The van der Waals surface area contributed by atoms with E-state index >= 15 is 0 Å². The Labute approximate surface area is 118 Å². The van der Waals surface area contributed by atoms with Crippen LogP contribution in [-0.4, -0.2) is 9.78 Å². The summed E-state index contributed by atoms with van der Waals surface area (Å²) in [5, 5.41) is 6.58. The van der Waals surface area contributed by atoms with Gasteiger partial charge in [0.1, 0.15) is 0 Å². The zero-order valence-corrected chi connectivity index (χ0v) is 12.8. The minimum Gasteiger partial charge on any atom is -0.272 e. The third-order valence-electron chi connectivity index (χ3n) is 3.82. The molecule has 2 aromatic heterocycles. The molecule has 0 saturated heterocycles. The van der Waals surface area contributed by atoms with Crippen LogP contribution in [0.5, 0.6) is 0 Å². The molecule has 0 aromatic carbocycles. The van der Waals surface area contributed by atoms with E-state index in [0.717, 1.165) is 18.5 Å². The molecule has 2 heterocycles. The van der Waals surface area contributed by atoms with Gasteiger partial charge in [-0.05, 0) is 56.2 Å². The van der Waals surface area contributed by atoms with Crippen LogP contribution in [0, 0.1) is 20.8 Å². The van der Waals surface area contributed by atoms with Crippen LogP contribution in [0.4, 0.5) is 0 Å². The molecular weight excluding hydrogens is 256 g/mol. The lowest BCUT2D eigenvalue weighted by molar-refractivity contribution is 0.515. The van der Waals surface area contributed by atoms with Gasteiger partial charge in [0.2, 0.25) is 0 Å². The second-order valence-corrected chi connectivity index (χ2v) is 6.08. The summed E-state index contributed by atoms with van der Waals surface area (Å²) in [4.78, 5) is 1.34. The monoisotopic (exact) mass is 278 g/mol. The number of thiophene rings is 1. The molecule has 0 radical (unpaired) electrons. The van der Waals surface area contributed by atoms with E-state index in [9.17, 15) is 0 Å². The Morgan fingerprint density at radius 1 is 1.42 bits per heavy atom. The van der Waals surface area contributed by atoms with Gasteiger partial charge in [0.05, 0.1) is 5.69 Å². The number of nitrogens with two attached hydrogens (primary N) is 1. The number of nitrogens with zero attached hydrogens (tertiary/aromatic N) is 2. The van der Waals surface area contributed by atoms with E-state index < -0.39 is 0 Å². The van der Waals surface area contributed by atoms with E-state index in [1.807, 2.05) is 11.7 Å². The van der Waals surface area contributed by atoms with E-state index in [1.54, 1.807) is 11.3 Å². The SMILES string of the molecule is Cc1nn(C)c(C)c1CCC(NN)c1ccsc1C. The van der Waals surface area contributed by atoms with Crippen LogP contribution in [0.1, 0.15) is 39.9 Å². The maximum Gasteiger partial charge on any atom is 0.0628 e. The molecule has 0 amide bonds. The molecule has 2 aromatic rings. The first-order valence-corrected chi connectivity index (χ1v) is 7.41. The van der Waals surface area contributed by atoms with Crippen molar-refractivity contribution in [1.82, 2.24) is 15.2 Å². The van der Waals surface area contributed by atoms with Gasteiger partial charge in [-0.15, -0.1) is 11.3 Å². The fourth-order valence-corrected chi connectivity index (χ4v) is 3.32. The van der Waals surface area contributed by atoms with Gasteiger partial charge in [-0.3, -0.25) is 16.0 Å². The maximum atomic E-state index is 5.71. The lowest BCUT2D eigenvalue weighted by Crippen LogP contribution is -2.28. The summed E-state index contributed by atoms with van der Waals surface area (Å²) in [6.45, 7) is 6.34. The fourth-order valence-electron chi connectivity index (χ4n) is 2.55. The normalized spacial score (nSPS) is 12.9. The van der Waals surface area contributed by atoms with E-state index in [1.165, 1.54) is 21.7 Å². The van der Waals surface area contributed by atoms with Crippen molar-refractivity contribution in [3.05, 3.63) is 38.8 Å². The van der Waals surface area contributed by atoms with Crippen molar-refractivity contribution in [3.8, 4) is 0 Å². The van der Waals surface area contributed by atoms with Gasteiger partial charge in [0.25, 0.3) is 0 Å². The molecule has 0 saturated carbocycles. The van der Waals surface area contributed by atoms with E-state index in [0.29, 0.717) is 0 Å². The predicted octanol–water partition coefficient (Wildman–Crippen LogP) is 2.54. The van der Waals surface area contributed by atoms with Crippen LogP contribution in [0.3, 0.4) is 0 Å². The zero-order valence-electron chi connectivity index (χ0n) is 12.0. The van der Waals surface area contributed by atoms with Crippen molar-refractivity contribution in [2.24, 2.45) is 12.9 Å². The Morgan fingerprint density at radius 3 is 2.63 bits per heavy atom. The number of rotatable bonds is 5. The van der Waals surface area contributed by atoms with Crippen molar-refractivity contribution < 1.29 is 0 Å². The van der Waals surface area contributed by atoms with Gasteiger partial charge in [-0.25, -0.2) is 0 Å². The number of nitrogens with one attached hydrogen (secondary N) is 1. The second kappa shape index (κ2) is 5.86. The van der Waals surface area contributed by atoms with Crippen molar-refractivity contribution in [3.63, 3.8) is 0 Å². The summed E-state index contributed by atoms with van der Waals surface area (Å²) >= 11 is 1.77. The summed E-state index contributed by atoms with van der Waals surface area (Å²) < 4.78 is 1.95. The smallest absolute Gasteiger partial charge is 0.0628 e. The van der Waals surface area contributed by atoms with Crippen molar-refractivity contribution in [2.75, 3.05) is 0 Å². The molecule has 0 aliphatic carbocycles. The molecule has 1 atom stereocenters. The van der Waals surface area contributed by atoms with Gasteiger partial charge in [-0.2, -0.15) is 5.10 Å². The average molecular weight is 278 g/mol. The molecule has 2 rings (SSSR count). The molecular formula is C14H22N4S. The lowest BCUT2D eigenvalue weighted by Gasteiger charge is -2.16. The second-order valence-electron chi connectivity index (χ2n) is 4.96. The van der Waals surface area contributed by atoms with Crippen LogP contribution < -0.4 is 11.3 Å². The molecule has 3 N–H and O–H groups in total. The Bertz CT molecular complexity index is 556. The first kappa shape index (κ1) is 14.2. The largest absolute Gasteiger partial charge is 0.272 e. The molecule has 1 unspecified atom stereocenters. The molecule has 0 fully saturated rings. The van der Waals surface area contributed by atoms with Crippen LogP contribution >= 0.6 is 11.3 Å². The number of aromatic nitrogens is 2. The van der Waals surface area contributed by atoms with Crippen molar-refractivity contribution >= 4 is 11.3 Å². The van der Waals surface area contributed by atoms with Crippen molar-refractivity contribution in [2.45, 2.75) is 39.7 Å². The number of hydrazine groups is 1. The van der Waals surface area contributed by atoms with E-state index in [-0.39, 0.29) is 6.04 Å². The zero-order chi connectivity index (χ0) is 14.0. The first-order valence-electron chi connectivity index (χ1n) is 6.53. The highest BCUT2D eigenvalue weighted by Gasteiger charge is 2.16. The van der Waals surface area contributed by atoms with Gasteiger partial charge < -0.3 is 0 Å². The highest BCUT2D eigenvalue weighted by Crippen LogP contribution is 2.26. The lowest BCUT2D eigenvalue weighted by atomic mass is 9.99. The topological polar surface area (TPSA) is 55.9 Å². The van der Waals surface area contributed by atoms with E-state index in [2.05, 4.69) is 42.7 Å². The van der Waals surface area contributed by atoms with Crippen molar-refractivity contribution in [1.29, 1.82) is 0 Å². The standard InChI is InChI=1S/C14H22N4S/c1-9-12(10(2)18(4)17-9)5-6-14(16-15)13-7-8-19-11(13)3/h7-8,14,16H,5-6,15H2,1-4H3. The molecule has 0 aliphatic rings. The van der Waals surface area contributed by atoms with Gasteiger partial charge in [0.15, 0.2) is 0 Å². The number of hydrogen-bond acceptors (Lipinski definition) is 4. The predicted molar refractivity (Wildman–Crippen MR) is 80.1 cm³/mol. The summed E-state index contributed by atoms with van der Waals surface area (Å²) in [7, 11) is 1.99. The Hall–Kier alpha value is -1.17. The van der Waals surface area contributed by atoms with Gasteiger partial charge in [-0.1, -0.05) is 0 Å². The molecule has 19 heavy (non-hydrogen) atoms. The Balaban J connectivity index is 2.11. The highest BCUT2D eigenvalue weighted by molar-refractivity contribution is 7.10. The average Bonchev–Trinajstić information content (AvgIpc) is 2.89. The summed E-state index contributed by atoms with van der Waals surface area (Å²) in [6, 6.07) is 2.37. The fraction of sp³-hybridized carbons (Fsp3) is 0.500. The Kier molecular flexibility index (Phi) is 4.39. The van der Waals surface area contributed by atoms with Crippen LogP contribution in [0.25, 0.3) is 0 Å². The molecule has 0 bridgehead atoms. The highest BCUT2D eigenvalue weighted by atomic mass is 32.1.